The lowest BCUT2D eigenvalue weighted by atomic mass is 10.1. The maximum atomic E-state index is 11.6. The van der Waals surface area contributed by atoms with Gasteiger partial charge in [-0.2, -0.15) is 0 Å². The van der Waals surface area contributed by atoms with Gasteiger partial charge in [-0.1, -0.05) is 30.3 Å². The second kappa shape index (κ2) is 8.11. The summed E-state index contributed by atoms with van der Waals surface area (Å²) < 4.78 is 4.99. The zero-order chi connectivity index (χ0) is 16.7. The van der Waals surface area contributed by atoms with Crippen LogP contribution in [0.2, 0.25) is 0 Å². The summed E-state index contributed by atoms with van der Waals surface area (Å²) in [5.41, 5.74) is 0.881. The minimum Gasteiger partial charge on any atom is -0.445 e. The number of aliphatic hydroxyl groups excluding tert-OH is 2. The van der Waals surface area contributed by atoms with Gasteiger partial charge in [0.15, 0.2) is 0 Å². The number of alkyl carbamates (subject to hydrolysis) is 1. The second-order valence-electron chi connectivity index (χ2n) is 4.94. The molecule has 2 aromatic rings. The van der Waals surface area contributed by atoms with Crippen LogP contribution in [0.1, 0.15) is 17.2 Å². The van der Waals surface area contributed by atoms with Crippen LogP contribution in [0, 0.1) is 0 Å². The number of amides is 1. The monoisotopic (exact) mass is 318 g/mol. The van der Waals surface area contributed by atoms with Gasteiger partial charge in [-0.05, 0) is 17.2 Å². The van der Waals surface area contributed by atoms with Crippen LogP contribution in [-0.2, 0) is 11.3 Å². The summed E-state index contributed by atoms with van der Waals surface area (Å²) in [6.45, 7) is -0.0703. The van der Waals surface area contributed by atoms with E-state index >= 15 is 0 Å². The van der Waals surface area contributed by atoms with E-state index in [2.05, 4.69) is 10.3 Å². The van der Waals surface area contributed by atoms with Crippen LogP contribution in [0.25, 0.3) is 0 Å². The van der Waals surface area contributed by atoms with Crippen molar-refractivity contribution in [1.29, 1.82) is 0 Å². The maximum Gasteiger partial charge on any atom is 0.407 e. The van der Waals surface area contributed by atoms with Crippen molar-refractivity contribution in [2.45, 2.75) is 18.8 Å². The van der Waals surface area contributed by atoms with Crippen molar-refractivity contribution in [2.75, 3.05) is 6.54 Å². The first kappa shape index (κ1) is 16.7. The Morgan fingerprint density at radius 3 is 2.57 bits per heavy atom. The molecule has 2 rings (SSSR count). The highest BCUT2D eigenvalue weighted by molar-refractivity contribution is 5.67. The molecule has 1 aromatic heterocycles. The van der Waals surface area contributed by atoms with Crippen molar-refractivity contribution in [2.24, 2.45) is 0 Å². The summed E-state index contributed by atoms with van der Waals surface area (Å²) in [5, 5.41) is 22.2. The number of aromatic nitrogens is 1. The first-order chi connectivity index (χ1) is 11.1. The van der Waals surface area contributed by atoms with Crippen molar-refractivity contribution in [3.8, 4) is 0 Å². The lowest BCUT2D eigenvalue weighted by Crippen LogP contribution is -2.35. The molecule has 0 aliphatic rings. The molecule has 0 aliphatic heterocycles. The number of hydrogen-bond donors (Lipinski definition) is 4. The Morgan fingerprint density at radius 2 is 1.91 bits per heavy atom. The minimum atomic E-state index is -1.23. The van der Waals surface area contributed by atoms with Gasteiger partial charge in [0, 0.05) is 18.8 Å². The van der Waals surface area contributed by atoms with Gasteiger partial charge in [-0.3, -0.25) is 4.79 Å². The molecule has 7 heteroatoms. The fraction of sp³-hybridized carbons (Fsp3) is 0.250. The largest absolute Gasteiger partial charge is 0.445 e. The molecular formula is C16H18N2O5. The molecule has 0 spiro atoms. The van der Waals surface area contributed by atoms with Crippen LogP contribution in [0.5, 0.6) is 0 Å². The number of aromatic amines is 1. The molecule has 0 bridgehead atoms. The summed E-state index contributed by atoms with van der Waals surface area (Å²) in [6.07, 6.45) is -1.85. The van der Waals surface area contributed by atoms with Gasteiger partial charge in [0.2, 0.25) is 5.56 Å². The number of carbonyl (C=O) groups is 1. The highest BCUT2D eigenvalue weighted by Gasteiger charge is 2.19. The Morgan fingerprint density at radius 1 is 1.17 bits per heavy atom. The molecule has 2 atom stereocenters. The number of hydrogen-bond acceptors (Lipinski definition) is 5. The normalized spacial score (nSPS) is 13.1. The summed E-state index contributed by atoms with van der Waals surface area (Å²) in [4.78, 5) is 24.9. The van der Waals surface area contributed by atoms with Crippen LogP contribution < -0.4 is 10.9 Å². The number of carbonyl (C=O) groups excluding carboxylic acids is 1. The van der Waals surface area contributed by atoms with Gasteiger partial charge >= 0.3 is 6.09 Å². The summed E-state index contributed by atoms with van der Waals surface area (Å²) >= 11 is 0. The topological polar surface area (TPSA) is 112 Å². The van der Waals surface area contributed by atoms with Gasteiger partial charge in [-0.15, -0.1) is 0 Å². The minimum absolute atomic E-state index is 0.116. The van der Waals surface area contributed by atoms with E-state index in [0.717, 1.165) is 5.56 Å². The van der Waals surface area contributed by atoms with E-state index in [1.165, 1.54) is 18.3 Å². The number of benzene rings is 1. The third-order valence-electron chi connectivity index (χ3n) is 3.18. The molecule has 0 aliphatic carbocycles. The molecule has 0 fully saturated rings. The zero-order valence-corrected chi connectivity index (χ0v) is 12.3. The van der Waals surface area contributed by atoms with Gasteiger partial charge in [-0.25, -0.2) is 4.79 Å². The third kappa shape index (κ3) is 5.24. The molecule has 1 amide bonds. The fourth-order valence-corrected chi connectivity index (χ4v) is 1.90. The van der Waals surface area contributed by atoms with Crippen molar-refractivity contribution in [3.05, 3.63) is 70.1 Å². The van der Waals surface area contributed by atoms with Crippen LogP contribution >= 0.6 is 0 Å². The molecule has 4 N–H and O–H groups in total. The van der Waals surface area contributed by atoms with E-state index in [0.29, 0.717) is 5.56 Å². The van der Waals surface area contributed by atoms with Gasteiger partial charge in [0.25, 0.3) is 0 Å². The SMILES string of the molecule is O=C(NCC(O)C(O)c1ccc(=O)[nH]c1)OCc1ccccc1. The standard InChI is InChI=1S/C16H18N2O5/c19-13(15(21)12-6-7-14(20)17-8-12)9-18-16(22)23-10-11-4-2-1-3-5-11/h1-8,13,15,19,21H,9-10H2,(H,17,20)(H,18,22). The highest BCUT2D eigenvalue weighted by Crippen LogP contribution is 2.14. The fourth-order valence-electron chi connectivity index (χ4n) is 1.90. The smallest absolute Gasteiger partial charge is 0.407 e. The Labute approximate surface area is 132 Å². The second-order valence-corrected chi connectivity index (χ2v) is 4.94. The first-order valence-electron chi connectivity index (χ1n) is 7.05. The third-order valence-corrected chi connectivity index (χ3v) is 3.18. The Balaban J connectivity index is 1.76. The lowest BCUT2D eigenvalue weighted by molar-refractivity contribution is 0.0182. The molecule has 122 valence electrons. The summed E-state index contributed by atoms with van der Waals surface area (Å²) in [7, 11) is 0. The van der Waals surface area contributed by atoms with Crippen molar-refractivity contribution >= 4 is 6.09 Å². The van der Waals surface area contributed by atoms with Crippen molar-refractivity contribution in [3.63, 3.8) is 0 Å². The molecule has 0 saturated carbocycles. The number of nitrogens with one attached hydrogen (secondary N) is 2. The summed E-state index contributed by atoms with van der Waals surface area (Å²) in [6, 6.07) is 11.8. The quantitative estimate of drug-likeness (QED) is 0.626. The molecule has 23 heavy (non-hydrogen) atoms. The predicted octanol–water partition coefficient (Wildman–Crippen LogP) is 0.696. The first-order valence-corrected chi connectivity index (χ1v) is 7.05. The van der Waals surface area contributed by atoms with E-state index in [1.807, 2.05) is 30.3 Å². The molecule has 0 saturated heterocycles. The van der Waals surface area contributed by atoms with Crippen molar-refractivity contribution < 1.29 is 19.7 Å². The van der Waals surface area contributed by atoms with E-state index < -0.39 is 18.3 Å². The average molecular weight is 318 g/mol. The van der Waals surface area contributed by atoms with Gasteiger partial charge in [0.05, 0.1) is 0 Å². The van der Waals surface area contributed by atoms with Crippen LogP contribution in [0.4, 0.5) is 4.79 Å². The molecule has 2 unspecified atom stereocenters. The molecule has 1 heterocycles. The average Bonchev–Trinajstić information content (AvgIpc) is 2.58. The maximum absolute atomic E-state index is 11.6. The number of rotatable bonds is 6. The molecular weight excluding hydrogens is 300 g/mol. The van der Waals surface area contributed by atoms with E-state index in [9.17, 15) is 19.8 Å². The van der Waals surface area contributed by atoms with E-state index in [1.54, 1.807) is 0 Å². The Bertz CT molecular complexity index is 666. The van der Waals surface area contributed by atoms with Gasteiger partial charge < -0.3 is 25.3 Å². The number of H-pyrrole nitrogens is 1. The highest BCUT2D eigenvalue weighted by atomic mass is 16.5. The van der Waals surface area contributed by atoms with E-state index in [4.69, 9.17) is 4.74 Å². The van der Waals surface area contributed by atoms with Crippen LogP contribution in [-0.4, -0.2) is 33.9 Å². The molecule has 7 nitrogen and oxygen atoms in total. The number of ether oxygens (including phenoxy) is 1. The zero-order valence-electron chi connectivity index (χ0n) is 12.3. The Hall–Kier alpha value is -2.64. The van der Waals surface area contributed by atoms with E-state index in [-0.39, 0.29) is 18.7 Å². The Kier molecular flexibility index (Phi) is 5.90. The summed E-state index contributed by atoms with van der Waals surface area (Å²) in [5.74, 6) is 0. The van der Waals surface area contributed by atoms with Crippen LogP contribution in [0.15, 0.2) is 53.5 Å². The van der Waals surface area contributed by atoms with Crippen LogP contribution in [0.3, 0.4) is 0 Å². The number of aliphatic hydroxyl groups is 2. The molecule has 0 radical (unpaired) electrons. The predicted molar refractivity (Wildman–Crippen MR) is 82.7 cm³/mol. The van der Waals surface area contributed by atoms with Gasteiger partial charge in [0.1, 0.15) is 18.8 Å². The molecule has 1 aromatic carbocycles. The lowest BCUT2D eigenvalue weighted by Gasteiger charge is -2.18. The number of pyridine rings is 1. The van der Waals surface area contributed by atoms with Crippen molar-refractivity contribution in [1.82, 2.24) is 10.3 Å².